The maximum atomic E-state index is 13.4. The summed E-state index contributed by atoms with van der Waals surface area (Å²) < 4.78 is 5.51. The van der Waals surface area contributed by atoms with Crippen LogP contribution in [0.4, 0.5) is 0 Å². The van der Waals surface area contributed by atoms with E-state index >= 15 is 0 Å². The number of aromatic nitrogens is 2. The predicted octanol–water partition coefficient (Wildman–Crippen LogP) is 3.81. The summed E-state index contributed by atoms with van der Waals surface area (Å²) in [6, 6.07) is 18.4. The van der Waals surface area contributed by atoms with Gasteiger partial charge in [0.2, 0.25) is 17.6 Å². The van der Waals surface area contributed by atoms with E-state index in [2.05, 4.69) is 32.1 Å². The number of hydrogen-bond donors (Lipinski definition) is 0. The molecule has 0 spiro atoms. The summed E-state index contributed by atoms with van der Waals surface area (Å²) in [5.41, 5.74) is 2.99. The van der Waals surface area contributed by atoms with Crippen molar-refractivity contribution in [2.24, 2.45) is 0 Å². The minimum Gasteiger partial charge on any atom is -0.339 e. The van der Waals surface area contributed by atoms with E-state index < -0.39 is 0 Å². The standard InChI is InChI=1S/C25H28N4O2/c1-19-8-5-6-11-21(19)23-26-22(31-27-23)18-28-14-16-29(17-15-28)24(30)25(12-7-13-25)20-9-3-2-4-10-20/h2-6,8-11H,7,12-18H2,1H3. The fraction of sp³-hybridized carbons (Fsp3) is 0.400. The summed E-state index contributed by atoms with van der Waals surface area (Å²) in [5.74, 6) is 1.55. The smallest absolute Gasteiger partial charge is 0.241 e. The zero-order chi connectivity index (χ0) is 21.3. The minimum absolute atomic E-state index is 0.296. The van der Waals surface area contributed by atoms with Crippen LogP contribution in [0.25, 0.3) is 11.4 Å². The molecule has 31 heavy (non-hydrogen) atoms. The van der Waals surface area contributed by atoms with Crippen molar-refractivity contribution in [3.8, 4) is 11.4 Å². The number of amides is 1. The maximum Gasteiger partial charge on any atom is 0.241 e. The number of carbonyl (C=O) groups is 1. The Morgan fingerprint density at radius 1 is 1.00 bits per heavy atom. The first-order valence-electron chi connectivity index (χ1n) is 11.1. The number of benzene rings is 2. The quantitative estimate of drug-likeness (QED) is 0.633. The van der Waals surface area contributed by atoms with E-state index in [9.17, 15) is 4.79 Å². The zero-order valence-corrected chi connectivity index (χ0v) is 18.0. The molecule has 2 fully saturated rings. The van der Waals surface area contributed by atoms with Crippen molar-refractivity contribution in [2.45, 2.75) is 38.1 Å². The monoisotopic (exact) mass is 416 g/mol. The second-order valence-electron chi connectivity index (χ2n) is 8.70. The van der Waals surface area contributed by atoms with Gasteiger partial charge < -0.3 is 9.42 Å². The fourth-order valence-corrected chi connectivity index (χ4v) is 4.77. The highest BCUT2D eigenvalue weighted by atomic mass is 16.5. The van der Waals surface area contributed by atoms with Crippen LogP contribution < -0.4 is 0 Å². The Labute approximate surface area is 182 Å². The second kappa shape index (κ2) is 8.27. The first kappa shape index (κ1) is 19.9. The molecule has 1 aliphatic carbocycles. The molecule has 2 aliphatic rings. The van der Waals surface area contributed by atoms with E-state index in [-0.39, 0.29) is 5.41 Å². The van der Waals surface area contributed by atoms with E-state index in [0.717, 1.165) is 56.6 Å². The fourth-order valence-electron chi connectivity index (χ4n) is 4.77. The van der Waals surface area contributed by atoms with E-state index in [1.54, 1.807) is 0 Å². The van der Waals surface area contributed by atoms with Gasteiger partial charge in [0.25, 0.3) is 0 Å². The van der Waals surface area contributed by atoms with Gasteiger partial charge in [-0.05, 0) is 30.9 Å². The molecule has 0 bridgehead atoms. The van der Waals surface area contributed by atoms with E-state index in [1.165, 1.54) is 5.56 Å². The highest BCUT2D eigenvalue weighted by Gasteiger charge is 2.47. The molecule has 6 nitrogen and oxygen atoms in total. The van der Waals surface area contributed by atoms with Crippen molar-refractivity contribution in [3.63, 3.8) is 0 Å². The van der Waals surface area contributed by atoms with Crippen LogP contribution in [0.2, 0.25) is 0 Å². The van der Waals surface area contributed by atoms with Gasteiger partial charge in [0.15, 0.2) is 0 Å². The molecule has 3 aromatic rings. The van der Waals surface area contributed by atoms with Crippen LogP contribution >= 0.6 is 0 Å². The molecule has 1 saturated carbocycles. The summed E-state index contributed by atoms with van der Waals surface area (Å²) in [6.45, 7) is 5.78. The van der Waals surface area contributed by atoms with Crippen molar-refractivity contribution in [1.29, 1.82) is 0 Å². The maximum absolute atomic E-state index is 13.4. The third-order valence-electron chi connectivity index (χ3n) is 6.82. The van der Waals surface area contributed by atoms with Crippen molar-refractivity contribution in [1.82, 2.24) is 19.9 Å². The Hall–Kier alpha value is -2.99. The summed E-state index contributed by atoms with van der Waals surface area (Å²) in [6.07, 6.45) is 3.04. The molecule has 0 atom stereocenters. The number of hydrogen-bond acceptors (Lipinski definition) is 5. The van der Waals surface area contributed by atoms with Crippen LogP contribution in [-0.4, -0.2) is 52.0 Å². The number of carbonyl (C=O) groups excluding carboxylic acids is 1. The average molecular weight is 417 g/mol. The molecule has 1 saturated heterocycles. The number of aryl methyl sites for hydroxylation is 1. The lowest BCUT2D eigenvalue weighted by atomic mass is 9.63. The Balaban J connectivity index is 1.21. The van der Waals surface area contributed by atoms with Crippen LogP contribution in [0.5, 0.6) is 0 Å². The van der Waals surface area contributed by atoms with Crippen molar-refractivity contribution >= 4 is 5.91 Å². The van der Waals surface area contributed by atoms with Crippen LogP contribution in [0.1, 0.15) is 36.3 Å². The Morgan fingerprint density at radius 2 is 1.71 bits per heavy atom. The van der Waals surface area contributed by atoms with Gasteiger partial charge in [-0.15, -0.1) is 0 Å². The number of piperazine rings is 1. The van der Waals surface area contributed by atoms with Gasteiger partial charge in [-0.1, -0.05) is 66.2 Å². The molecule has 5 rings (SSSR count). The molecule has 0 unspecified atom stereocenters. The zero-order valence-electron chi connectivity index (χ0n) is 18.0. The molecule has 160 valence electrons. The molecule has 1 aliphatic heterocycles. The first-order chi connectivity index (χ1) is 15.2. The molecular weight excluding hydrogens is 388 g/mol. The molecular formula is C25H28N4O2. The van der Waals surface area contributed by atoms with Crippen molar-refractivity contribution in [2.75, 3.05) is 26.2 Å². The van der Waals surface area contributed by atoms with E-state index in [0.29, 0.717) is 24.2 Å². The average Bonchev–Trinajstić information content (AvgIpc) is 3.23. The summed E-state index contributed by atoms with van der Waals surface area (Å²) in [7, 11) is 0. The molecule has 0 N–H and O–H groups in total. The summed E-state index contributed by atoms with van der Waals surface area (Å²) >= 11 is 0. The Morgan fingerprint density at radius 3 is 2.39 bits per heavy atom. The molecule has 2 heterocycles. The topological polar surface area (TPSA) is 62.5 Å². The molecule has 0 radical (unpaired) electrons. The largest absolute Gasteiger partial charge is 0.339 e. The van der Waals surface area contributed by atoms with Crippen molar-refractivity contribution in [3.05, 3.63) is 71.6 Å². The lowest BCUT2D eigenvalue weighted by molar-refractivity contribution is -0.142. The van der Waals surface area contributed by atoms with Gasteiger partial charge in [-0.2, -0.15) is 4.98 Å². The Bertz CT molecular complexity index is 1050. The lowest BCUT2D eigenvalue weighted by Crippen LogP contribution is -2.56. The van der Waals surface area contributed by atoms with Crippen LogP contribution in [0, 0.1) is 6.92 Å². The minimum atomic E-state index is -0.307. The Kier molecular flexibility index (Phi) is 5.32. The van der Waals surface area contributed by atoms with E-state index in [1.807, 2.05) is 49.4 Å². The normalized spacial score (nSPS) is 18.5. The SMILES string of the molecule is Cc1ccccc1-c1noc(CN2CCN(C(=O)C3(c4ccccc4)CCC3)CC2)n1. The van der Waals surface area contributed by atoms with Crippen LogP contribution in [0.3, 0.4) is 0 Å². The molecule has 6 heteroatoms. The number of rotatable bonds is 5. The summed E-state index contributed by atoms with van der Waals surface area (Å²) in [4.78, 5) is 22.4. The first-order valence-corrected chi connectivity index (χ1v) is 11.1. The van der Waals surface area contributed by atoms with Gasteiger partial charge >= 0.3 is 0 Å². The van der Waals surface area contributed by atoms with Gasteiger partial charge in [0.1, 0.15) is 0 Å². The van der Waals surface area contributed by atoms with Crippen LogP contribution in [-0.2, 0) is 16.8 Å². The highest BCUT2D eigenvalue weighted by molar-refractivity contribution is 5.89. The van der Waals surface area contributed by atoms with Crippen molar-refractivity contribution < 1.29 is 9.32 Å². The molecule has 2 aromatic carbocycles. The lowest BCUT2D eigenvalue weighted by Gasteiger charge is -2.46. The van der Waals surface area contributed by atoms with Gasteiger partial charge in [0, 0.05) is 31.7 Å². The predicted molar refractivity (Wildman–Crippen MR) is 118 cm³/mol. The second-order valence-corrected chi connectivity index (χ2v) is 8.70. The molecule has 1 aromatic heterocycles. The van der Waals surface area contributed by atoms with Gasteiger partial charge in [-0.25, -0.2) is 0 Å². The summed E-state index contributed by atoms with van der Waals surface area (Å²) in [5, 5.41) is 4.16. The van der Waals surface area contributed by atoms with E-state index in [4.69, 9.17) is 4.52 Å². The highest BCUT2D eigenvalue weighted by Crippen LogP contribution is 2.45. The van der Waals surface area contributed by atoms with Gasteiger partial charge in [0.05, 0.1) is 12.0 Å². The third-order valence-corrected chi connectivity index (χ3v) is 6.82. The van der Waals surface area contributed by atoms with Gasteiger partial charge in [-0.3, -0.25) is 9.69 Å². The third kappa shape index (κ3) is 3.76. The number of nitrogens with zero attached hydrogens (tertiary/aromatic N) is 4. The molecule has 1 amide bonds. The van der Waals surface area contributed by atoms with Crippen LogP contribution in [0.15, 0.2) is 59.1 Å².